The Morgan fingerprint density at radius 3 is 2.96 bits per heavy atom. The Kier molecular flexibility index (Phi) is 3.65. The van der Waals surface area contributed by atoms with Crippen molar-refractivity contribution in [3.8, 4) is 0 Å². The highest BCUT2D eigenvalue weighted by atomic mass is 16.5. The number of piperidine rings is 1. The number of aromatic nitrogens is 3. The summed E-state index contributed by atoms with van der Waals surface area (Å²) in [7, 11) is 0. The number of fused-ring (bicyclic) bond motifs is 3. The molecule has 4 rings (SSSR count). The summed E-state index contributed by atoms with van der Waals surface area (Å²) in [6, 6.07) is 6.87. The van der Waals surface area contributed by atoms with Gasteiger partial charge in [-0.2, -0.15) is 0 Å². The van der Waals surface area contributed by atoms with Gasteiger partial charge in [-0.05, 0) is 25.5 Å². The van der Waals surface area contributed by atoms with Crippen LogP contribution in [0.25, 0.3) is 0 Å². The minimum atomic E-state index is -0.0659. The number of ketones is 1. The van der Waals surface area contributed by atoms with E-state index in [2.05, 4.69) is 10.3 Å². The zero-order valence-corrected chi connectivity index (χ0v) is 13.4. The van der Waals surface area contributed by atoms with E-state index in [1.54, 1.807) is 35.4 Å². The van der Waals surface area contributed by atoms with Crippen molar-refractivity contribution in [2.45, 2.75) is 32.1 Å². The van der Waals surface area contributed by atoms with Gasteiger partial charge in [0.1, 0.15) is 0 Å². The van der Waals surface area contributed by atoms with E-state index in [1.165, 1.54) is 6.92 Å². The van der Waals surface area contributed by atoms with Crippen LogP contribution in [0.4, 0.5) is 0 Å². The first-order valence-corrected chi connectivity index (χ1v) is 8.04. The fraction of sp³-hybridized carbons (Fsp3) is 0.412. The first-order chi connectivity index (χ1) is 11.6. The summed E-state index contributed by atoms with van der Waals surface area (Å²) in [6.07, 6.45) is 2.53. The van der Waals surface area contributed by atoms with Gasteiger partial charge >= 0.3 is 0 Å². The normalized spacial score (nSPS) is 22.6. The van der Waals surface area contributed by atoms with E-state index < -0.39 is 0 Å². The van der Waals surface area contributed by atoms with Crippen LogP contribution in [0.15, 0.2) is 30.5 Å². The van der Waals surface area contributed by atoms with Crippen LogP contribution in [0.3, 0.4) is 0 Å². The molecule has 7 heteroatoms. The van der Waals surface area contributed by atoms with Crippen LogP contribution in [-0.4, -0.2) is 50.8 Å². The van der Waals surface area contributed by atoms with Gasteiger partial charge in [-0.3, -0.25) is 9.59 Å². The minimum absolute atomic E-state index is 0.00932. The Morgan fingerprint density at radius 2 is 2.12 bits per heavy atom. The number of ether oxygens (including phenoxy) is 1. The van der Waals surface area contributed by atoms with Crippen LogP contribution >= 0.6 is 0 Å². The van der Waals surface area contributed by atoms with Gasteiger partial charge in [-0.1, -0.05) is 17.3 Å². The summed E-state index contributed by atoms with van der Waals surface area (Å²) < 4.78 is 7.74. The molecule has 124 valence electrons. The van der Waals surface area contributed by atoms with Crippen molar-refractivity contribution in [1.29, 1.82) is 0 Å². The fourth-order valence-corrected chi connectivity index (χ4v) is 3.42. The molecule has 0 aliphatic carbocycles. The van der Waals surface area contributed by atoms with E-state index in [-0.39, 0.29) is 23.8 Å². The van der Waals surface area contributed by atoms with Crippen LogP contribution in [-0.2, 0) is 11.3 Å². The van der Waals surface area contributed by atoms with Gasteiger partial charge in [0, 0.05) is 24.2 Å². The molecular weight excluding hydrogens is 308 g/mol. The third kappa shape index (κ3) is 2.50. The van der Waals surface area contributed by atoms with E-state index in [4.69, 9.17) is 4.74 Å². The Labute approximate surface area is 139 Å². The maximum absolute atomic E-state index is 12.8. The highest BCUT2D eigenvalue weighted by Crippen LogP contribution is 2.30. The SMILES string of the molecule is CC(=O)c1cccc(C(=O)N2CC[C@H]3OCc4cnnn4[C@H]3C2)c1. The first kappa shape index (κ1) is 15.0. The molecule has 2 aliphatic rings. The molecule has 2 aromatic rings. The molecule has 0 radical (unpaired) electrons. The molecule has 1 aromatic carbocycles. The fourth-order valence-electron chi connectivity index (χ4n) is 3.42. The number of Topliss-reactive ketones (excluding diaryl/α,β-unsaturated/α-hetero) is 1. The van der Waals surface area contributed by atoms with Gasteiger partial charge < -0.3 is 9.64 Å². The number of amides is 1. The van der Waals surface area contributed by atoms with E-state index in [9.17, 15) is 9.59 Å². The van der Waals surface area contributed by atoms with Gasteiger partial charge in [0.2, 0.25) is 0 Å². The molecule has 0 unspecified atom stereocenters. The summed E-state index contributed by atoms with van der Waals surface area (Å²) in [5.74, 6) is -0.111. The summed E-state index contributed by atoms with van der Waals surface area (Å²) >= 11 is 0. The molecule has 1 aromatic heterocycles. The highest BCUT2D eigenvalue weighted by molar-refractivity contribution is 5.99. The molecule has 7 nitrogen and oxygen atoms in total. The minimum Gasteiger partial charge on any atom is -0.370 e. The van der Waals surface area contributed by atoms with Gasteiger partial charge in [-0.15, -0.1) is 5.10 Å². The summed E-state index contributed by atoms with van der Waals surface area (Å²) in [5, 5.41) is 8.09. The van der Waals surface area contributed by atoms with Crippen molar-refractivity contribution in [2.24, 2.45) is 0 Å². The van der Waals surface area contributed by atoms with Crippen molar-refractivity contribution in [1.82, 2.24) is 19.9 Å². The van der Waals surface area contributed by atoms with Crippen molar-refractivity contribution in [3.63, 3.8) is 0 Å². The predicted molar refractivity (Wildman–Crippen MR) is 84.6 cm³/mol. The Hall–Kier alpha value is -2.54. The molecule has 0 bridgehead atoms. The summed E-state index contributed by atoms with van der Waals surface area (Å²) in [5.41, 5.74) is 2.02. The van der Waals surface area contributed by atoms with Gasteiger partial charge in [0.05, 0.1) is 30.6 Å². The number of rotatable bonds is 2. The highest BCUT2D eigenvalue weighted by Gasteiger charge is 2.38. The molecule has 24 heavy (non-hydrogen) atoms. The molecule has 0 N–H and O–H groups in total. The lowest BCUT2D eigenvalue weighted by Gasteiger charge is -2.41. The number of carbonyl (C=O) groups excluding carboxylic acids is 2. The summed E-state index contributed by atoms with van der Waals surface area (Å²) in [6.45, 7) is 3.18. The lowest BCUT2D eigenvalue weighted by atomic mass is 9.99. The average Bonchev–Trinajstić information content (AvgIpc) is 3.10. The molecule has 2 aliphatic heterocycles. The van der Waals surface area contributed by atoms with E-state index >= 15 is 0 Å². The van der Waals surface area contributed by atoms with E-state index in [0.717, 1.165) is 12.1 Å². The second kappa shape index (κ2) is 5.83. The zero-order chi connectivity index (χ0) is 16.7. The lowest BCUT2D eigenvalue weighted by Crippen LogP contribution is -2.49. The topological polar surface area (TPSA) is 77.3 Å². The monoisotopic (exact) mass is 326 g/mol. The van der Waals surface area contributed by atoms with Crippen LogP contribution < -0.4 is 0 Å². The standard InChI is InChI=1S/C17H18N4O3/c1-11(22)12-3-2-4-13(7-12)17(23)20-6-5-16-15(9-20)21-14(10-24-16)8-18-19-21/h2-4,7-8,15-16H,5-6,9-10H2,1H3/t15-,16+/m0/s1. The molecule has 2 atom stereocenters. The van der Waals surface area contributed by atoms with Crippen LogP contribution in [0.1, 0.15) is 45.8 Å². The first-order valence-electron chi connectivity index (χ1n) is 8.04. The molecule has 1 saturated heterocycles. The number of benzene rings is 1. The lowest BCUT2D eigenvalue weighted by molar-refractivity contribution is -0.0605. The number of carbonyl (C=O) groups is 2. The number of likely N-dealkylation sites (tertiary alicyclic amines) is 1. The Bertz CT molecular complexity index is 801. The van der Waals surface area contributed by atoms with Crippen molar-refractivity contribution < 1.29 is 14.3 Å². The third-order valence-corrected chi connectivity index (χ3v) is 4.73. The van der Waals surface area contributed by atoms with E-state index in [1.807, 2.05) is 4.68 Å². The summed E-state index contributed by atoms with van der Waals surface area (Å²) in [4.78, 5) is 26.2. The molecule has 1 fully saturated rings. The number of hydrogen-bond donors (Lipinski definition) is 0. The van der Waals surface area contributed by atoms with Crippen LogP contribution in [0.5, 0.6) is 0 Å². The van der Waals surface area contributed by atoms with Gasteiger partial charge in [0.25, 0.3) is 5.91 Å². The number of hydrogen-bond acceptors (Lipinski definition) is 5. The van der Waals surface area contributed by atoms with E-state index in [0.29, 0.717) is 30.8 Å². The Morgan fingerprint density at radius 1 is 1.29 bits per heavy atom. The maximum Gasteiger partial charge on any atom is 0.253 e. The van der Waals surface area contributed by atoms with Crippen LogP contribution in [0, 0.1) is 0 Å². The average molecular weight is 326 g/mol. The number of nitrogens with zero attached hydrogens (tertiary/aromatic N) is 4. The Balaban J connectivity index is 1.57. The second-order valence-corrected chi connectivity index (χ2v) is 6.26. The second-order valence-electron chi connectivity index (χ2n) is 6.26. The molecular formula is C17H18N4O3. The third-order valence-electron chi connectivity index (χ3n) is 4.73. The van der Waals surface area contributed by atoms with Gasteiger partial charge in [-0.25, -0.2) is 4.68 Å². The van der Waals surface area contributed by atoms with Crippen LogP contribution in [0.2, 0.25) is 0 Å². The predicted octanol–water partition coefficient (Wildman–Crippen LogP) is 1.47. The van der Waals surface area contributed by atoms with Crippen molar-refractivity contribution in [2.75, 3.05) is 13.1 Å². The quantitative estimate of drug-likeness (QED) is 0.781. The van der Waals surface area contributed by atoms with Gasteiger partial charge in [0.15, 0.2) is 5.78 Å². The van der Waals surface area contributed by atoms with Crippen molar-refractivity contribution in [3.05, 3.63) is 47.3 Å². The molecule has 0 spiro atoms. The van der Waals surface area contributed by atoms with Crippen molar-refractivity contribution >= 4 is 11.7 Å². The smallest absolute Gasteiger partial charge is 0.253 e. The maximum atomic E-state index is 12.8. The zero-order valence-electron chi connectivity index (χ0n) is 13.4. The largest absolute Gasteiger partial charge is 0.370 e. The molecule has 3 heterocycles. The molecule has 1 amide bonds. The molecule has 0 saturated carbocycles.